The average molecular weight is 445 g/mol. The van der Waals surface area contributed by atoms with Crippen LogP contribution in [0.5, 0.6) is 0 Å². The van der Waals surface area contributed by atoms with E-state index in [1.807, 2.05) is 0 Å². The highest BCUT2D eigenvalue weighted by Gasteiger charge is 2.47. The lowest BCUT2D eigenvalue weighted by molar-refractivity contribution is -0.141. The molecule has 0 saturated carbocycles. The molecule has 27 heavy (non-hydrogen) atoms. The Bertz CT molecular complexity index is 1140. The van der Waals surface area contributed by atoms with Crippen LogP contribution >= 0.6 is 46.4 Å². The largest absolute Gasteiger partial charge is 0.479 e. The van der Waals surface area contributed by atoms with Gasteiger partial charge in [0.25, 0.3) is 0 Å². The van der Waals surface area contributed by atoms with Crippen LogP contribution in [-0.4, -0.2) is 22.2 Å². The first-order valence-electron chi connectivity index (χ1n) is 7.36. The van der Waals surface area contributed by atoms with E-state index >= 15 is 0 Å². The third kappa shape index (κ3) is 3.32. The second-order valence-corrected chi connectivity index (χ2v) is 7.31. The maximum Gasteiger partial charge on any atom is 0.341 e. The Labute approximate surface area is 172 Å². The Balaban J connectivity index is 2.50. The lowest BCUT2D eigenvalue weighted by Gasteiger charge is -2.25. The molecule has 2 aromatic carbocycles. The van der Waals surface area contributed by atoms with Crippen LogP contribution in [0, 0.1) is 0 Å². The summed E-state index contributed by atoms with van der Waals surface area (Å²) in [7, 11) is 0. The maximum atomic E-state index is 12.4. The first-order valence-corrected chi connectivity index (χ1v) is 8.87. The van der Waals surface area contributed by atoms with E-state index in [1.54, 1.807) is 0 Å². The fourth-order valence-corrected chi connectivity index (χ4v) is 4.09. The molecule has 0 amide bonds. The number of carboxylic acid groups (broad SMARTS) is 2. The minimum Gasteiger partial charge on any atom is -0.479 e. The molecule has 1 aliphatic rings. The smallest absolute Gasteiger partial charge is 0.341 e. The SMILES string of the molecule is O=C(O)C=CC1=c2c(Cl)cc(Cl)cc2=NC1(C(=O)O)c1ccc(Cl)cc1Cl. The minimum atomic E-state index is -2.01. The zero-order valence-electron chi connectivity index (χ0n) is 13.2. The van der Waals surface area contributed by atoms with Gasteiger partial charge in [0.1, 0.15) is 0 Å². The topological polar surface area (TPSA) is 87.0 Å². The van der Waals surface area contributed by atoms with E-state index < -0.39 is 17.5 Å². The number of rotatable bonds is 4. The van der Waals surface area contributed by atoms with E-state index in [0.717, 1.165) is 12.2 Å². The third-order valence-corrected chi connectivity index (χ3v) is 5.07. The van der Waals surface area contributed by atoms with Crippen molar-refractivity contribution in [2.75, 3.05) is 0 Å². The summed E-state index contributed by atoms with van der Waals surface area (Å²) >= 11 is 24.5. The molecule has 3 rings (SSSR count). The van der Waals surface area contributed by atoms with Crippen LogP contribution in [0.1, 0.15) is 5.56 Å². The lowest BCUT2D eigenvalue weighted by atomic mass is 9.83. The molecule has 0 bridgehead atoms. The van der Waals surface area contributed by atoms with Crippen molar-refractivity contribution >= 4 is 63.9 Å². The molecule has 9 heteroatoms. The molecule has 0 saturated heterocycles. The quantitative estimate of drug-likeness (QED) is 0.703. The first-order chi connectivity index (χ1) is 12.7. The number of halogens is 4. The molecule has 138 valence electrons. The van der Waals surface area contributed by atoms with Gasteiger partial charge in [0, 0.05) is 37.5 Å². The Morgan fingerprint density at radius 1 is 0.963 bits per heavy atom. The third-order valence-electron chi connectivity index (χ3n) is 4.00. The molecule has 1 atom stereocenters. The fourth-order valence-electron chi connectivity index (χ4n) is 2.96. The van der Waals surface area contributed by atoms with Gasteiger partial charge in [0.05, 0.1) is 10.4 Å². The first kappa shape index (κ1) is 19.7. The predicted molar refractivity (Wildman–Crippen MR) is 103 cm³/mol. The highest BCUT2D eigenvalue weighted by atomic mass is 35.5. The number of aliphatic carboxylic acids is 2. The summed E-state index contributed by atoms with van der Waals surface area (Å²) in [6.07, 6.45) is 1.96. The van der Waals surface area contributed by atoms with Crippen molar-refractivity contribution in [3.05, 3.63) is 78.7 Å². The van der Waals surface area contributed by atoms with Crippen LogP contribution < -0.4 is 10.6 Å². The van der Waals surface area contributed by atoms with Gasteiger partial charge in [-0.1, -0.05) is 52.5 Å². The molecule has 0 spiro atoms. The van der Waals surface area contributed by atoms with Crippen molar-refractivity contribution in [3.63, 3.8) is 0 Å². The number of hydrogen-bond acceptors (Lipinski definition) is 3. The molecule has 5 nitrogen and oxygen atoms in total. The zero-order valence-corrected chi connectivity index (χ0v) is 16.2. The normalized spacial score (nSPS) is 18.4. The average Bonchev–Trinajstić information content (AvgIpc) is 2.88. The highest BCUT2D eigenvalue weighted by molar-refractivity contribution is 6.36. The van der Waals surface area contributed by atoms with Gasteiger partial charge in [-0.2, -0.15) is 0 Å². The molecule has 0 fully saturated rings. The summed E-state index contributed by atoms with van der Waals surface area (Å²) < 4.78 is 0. The monoisotopic (exact) mass is 443 g/mol. The number of benzene rings is 2. The van der Waals surface area contributed by atoms with E-state index in [2.05, 4.69) is 4.99 Å². The van der Waals surface area contributed by atoms with Crippen LogP contribution in [0.25, 0.3) is 5.57 Å². The molecule has 0 radical (unpaired) electrons. The van der Waals surface area contributed by atoms with Gasteiger partial charge in [-0.25, -0.2) is 9.59 Å². The standard InChI is InChI=1S/C18H9Cl4NO4/c19-8-1-2-10(12(21)5-8)18(17(26)27)11(3-4-15(24)25)16-13(22)6-9(20)7-14(16)23-18/h1-7H,(H,24,25)(H,26,27). The van der Waals surface area contributed by atoms with E-state index in [4.69, 9.17) is 51.5 Å². The molecule has 0 aliphatic carbocycles. The minimum absolute atomic E-state index is 0.0540. The van der Waals surface area contributed by atoms with Gasteiger partial charge in [0.2, 0.25) is 5.54 Å². The summed E-state index contributed by atoms with van der Waals surface area (Å²) in [6.45, 7) is 0. The molecule has 1 unspecified atom stereocenters. The Kier molecular flexibility index (Phi) is 5.23. The van der Waals surface area contributed by atoms with E-state index in [-0.39, 0.29) is 36.8 Å². The molecular formula is C18H9Cl4NO4. The van der Waals surface area contributed by atoms with Gasteiger partial charge >= 0.3 is 11.9 Å². The Hall–Kier alpha value is -2.05. The molecule has 1 heterocycles. The number of carboxylic acids is 2. The van der Waals surface area contributed by atoms with Crippen molar-refractivity contribution in [1.82, 2.24) is 0 Å². The summed E-state index contributed by atoms with van der Waals surface area (Å²) in [6, 6.07) is 7.16. The van der Waals surface area contributed by atoms with Crippen molar-refractivity contribution in [2.45, 2.75) is 5.54 Å². The number of nitrogens with zero attached hydrogens (tertiary/aromatic N) is 1. The molecule has 1 aliphatic heterocycles. The van der Waals surface area contributed by atoms with Crippen molar-refractivity contribution in [3.8, 4) is 0 Å². The summed E-state index contributed by atoms with van der Waals surface area (Å²) in [4.78, 5) is 27.8. The van der Waals surface area contributed by atoms with E-state index in [0.29, 0.717) is 5.02 Å². The van der Waals surface area contributed by atoms with Crippen LogP contribution in [0.3, 0.4) is 0 Å². The predicted octanol–water partition coefficient (Wildman–Crippen LogP) is 3.71. The highest BCUT2D eigenvalue weighted by Crippen LogP contribution is 2.41. The fraction of sp³-hybridized carbons (Fsp3) is 0.0556. The van der Waals surface area contributed by atoms with Gasteiger partial charge in [-0.05, 0) is 30.3 Å². The van der Waals surface area contributed by atoms with E-state index in [1.165, 1.54) is 30.3 Å². The van der Waals surface area contributed by atoms with Crippen LogP contribution in [0.4, 0.5) is 0 Å². The lowest BCUT2D eigenvalue weighted by Crippen LogP contribution is -2.35. The van der Waals surface area contributed by atoms with E-state index in [9.17, 15) is 14.7 Å². The van der Waals surface area contributed by atoms with Crippen LogP contribution in [0.15, 0.2) is 47.5 Å². The van der Waals surface area contributed by atoms with Gasteiger partial charge in [-0.15, -0.1) is 0 Å². The Morgan fingerprint density at radius 3 is 2.22 bits per heavy atom. The second-order valence-electron chi connectivity index (χ2n) is 5.62. The van der Waals surface area contributed by atoms with Gasteiger partial charge < -0.3 is 10.2 Å². The van der Waals surface area contributed by atoms with Crippen molar-refractivity contribution in [2.24, 2.45) is 4.99 Å². The van der Waals surface area contributed by atoms with Crippen LogP contribution in [0.2, 0.25) is 20.1 Å². The van der Waals surface area contributed by atoms with Crippen molar-refractivity contribution < 1.29 is 19.8 Å². The maximum absolute atomic E-state index is 12.4. The number of fused-ring (bicyclic) bond motifs is 1. The molecule has 2 N–H and O–H groups in total. The second kappa shape index (κ2) is 7.17. The number of carbonyl (C=O) groups is 2. The summed E-state index contributed by atoms with van der Waals surface area (Å²) in [5.41, 5.74) is -1.84. The van der Waals surface area contributed by atoms with Crippen LogP contribution in [-0.2, 0) is 15.1 Å². The van der Waals surface area contributed by atoms with Gasteiger partial charge in [0.15, 0.2) is 0 Å². The molecule has 2 aromatic rings. The van der Waals surface area contributed by atoms with Crippen molar-refractivity contribution in [1.29, 1.82) is 0 Å². The Morgan fingerprint density at radius 2 is 1.63 bits per heavy atom. The summed E-state index contributed by atoms with van der Waals surface area (Å²) in [5.74, 6) is -2.62. The van der Waals surface area contributed by atoms with Gasteiger partial charge in [-0.3, -0.25) is 4.99 Å². The molecular weight excluding hydrogens is 436 g/mol. The number of hydrogen-bond donors (Lipinski definition) is 2. The molecule has 0 aromatic heterocycles. The summed E-state index contributed by atoms with van der Waals surface area (Å²) in [5, 5.41) is 20.4. The zero-order chi connectivity index (χ0) is 19.9.